The number of aliphatic imine (C=N–C) groups is 1. The van der Waals surface area contributed by atoms with E-state index in [9.17, 15) is 20.3 Å². The number of hydrogen-bond donors (Lipinski definition) is 6. The van der Waals surface area contributed by atoms with Crippen LogP contribution in [0.1, 0.15) is 17.4 Å². The van der Waals surface area contributed by atoms with Crippen molar-refractivity contribution in [2.45, 2.75) is 11.9 Å². The summed E-state index contributed by atoms with van der Waals surface area (Å²) in [4.78, 5) is 18.4. The standard InChI is InChI=1S/C17H23N7O4S2/c18-16(19)23-17-22-12(10-30-17)9-29-6-5-20-15(8-24(27)28)21-7-14(26)11-1-3-13(25)4-2-11/h1-4,8,10,14,20-21,25-26H,5-7,9H2,(H4,18,19,22,23). The molecule has 0 aliphatic heterocycles. The molecule has 0 aliphatic rings. The van der Waals surface area contributed by atoms with Crippen LogP contribution in [-0.4, -0.2) is 44.9 Å². The molecule has 162 valence electrons. The fraction of sp³-hybridized carbons (Fsp3) is 0.294. The van der Waals surface area contributed by atoms with Gasteiger partial charge in [-0.05, 0) is 17.7 Å². The van der Waals surface area contributed by atoms with Crippen molar-refractivity contribution in [3.63, 3.8) is 0 Å². The monoisotopic (exact) mass is 453 g/mol. The Morgan fingerprint density at radius 3 is 2.77 bits per heavy atom. The fourth-order valence-electron chi connectivity index (χ4n) is 2.24. The number of nitro groups is 1. The zero-order valence-electron chi connectivity index (χ0n) is 15.9. The maximum atomic E-state index is 10.8. The van der Waals surface area contributed by atoms with Gasteiger partial charge in [-0.3, -0.25) is 10.1 Å². The highest BCUT2D eigenvalue weighted by molar-refractivity contribution is 7.98. The van der Waals surface area contributed by atoms with Crippen LogP contribution in [0.25, 0.3) is 0 Å². The number of hydrogen-bond acceptors (Lipinski definition) is 10. The van der Waals surface area contributed by atoms with Gasteiger partial charge in [0.05, 0.1) is 16.7 Å². The van der Waals surface area contributed by atoms with Gasteiger partial charge in [-0.15, -0.1) is 11.3 Å². The number of nitrogens with zero attached hydrogens (tertiary/aromatic N) is 3. The molecular weight excluding hydrogens is 430 g/mol. The summed E-state index contributed by atoms with van der Waals surface area (Å²) in [5, 5.41) is 38.5. The summed E-state index contributed by atoms with van der Waals surface area (Å²) in [5.74, 6) is 1.58. The molecule has 13 heteroatoms. The Morgan fingerprint density at radius 1 is 1.37 bits per heavy atom. The van der Waals surface area contributed by atoms with E-state index < -0.39 is 11.0 Å². The van der Waals surface area contributed by atoms with E-state index in [2.05, 4.69) is 20.6 Å². The van der Waals surface area contributed by atoms with Crippen molar-refractivity contribution in [2.24, 2.45) is 16.5 Å². The maximum Gasteiger partial charge on any atom is 0.274 e. The molecule has 30 heavy (non-hydrogen) atoms. The number of aromatic hydroxyl groups is 1. The van der Waals surface area contributed by atoms with Crippen LogP contribution in [0.3, 0.4) is 0 Å². The molecule has 1 aromatic carbocycles. The average molecular weight is 454 g/mol. The van der Waals surface area contributed by atoms with Crippen molar-refractivity contribution in [3.05, 3.63) is 63.0 Å². The number of phenols is 1. The van der Waals surface area contributed by atoms with E-state index in [1.807, 2.05) is 5.38 Å². The highest BCUT2D eigenvalue weighted by Gasteiger charge is 2.10. The van der Waals surface area contributed by atoms with Gasteiger partial charge >= 0.3 is 0 Å². The number of benzene rings is 1. The zero-order chi connectivity index (χ0) is 21.9. The first-order valence-corrected chi connectivity index (χ1v) is 10.8. The van der Waals surface area contributed by atoms with Crippen LogP contribution in [0, 0.1) is 10.1 Å². The van der Waals surface area contributed by atoms with Crippen LogP contribution in [-0.2, 0) is 5.75 Å². The third-order valence-electron chi connectivity index (χ3n) is 3.57. The summed E-state index contributed by atoms with van der Waals surface area (Å²) in [6, 6.07) is 6.09. The highest BCUT2D eigenvalue weighted by atomic mass is 32.2. The van der Waals surface area contributed by atoms with Gasteiger partial charge in [-0.1, -0.05) is 12.1 Å². The van der Waals surface area contributed by atoms with Crippen LogP contribution in [0.15, 0.2) is 46.7 Å². The van der Waals surface area contributed by atoms with Gasteiger partial charge in [0.15, 0.2) is 11.8 Å². The molecule has 0 bridgehead atoms. The molecule has 0 saturated carbocycles. The van der Waals surface area contributed by atoms with Crippen LogP contribution >= 0.6 is 23.1 Å². The number of aromatic nitrogens is 1. The first-order valence-electron chi connectivity index (χ1n) is 8.75. The lowest BCUT2D eigenvalue weighted by Gasteiger charge is -2.15. The number of rotatable bonds is 12. The first kappa shape index (κ1) is 23.3. The van der Waals surface area contributed by atoms with Gasteiger partial charge < -0.3 is 32.3 Å². The molecule has 1 aromatic heterocycles. The maximum absolute atomic E-state index is 10.8. The number of guanidine groups is 1. The van der Waals surface area contributed by atoms with E-state index >= 15 is 0 Å². The minimum absolute atomic E-state index is 0.0408. The minimum atomic E-state index is -0.888. The Balaban J connectivity index is 1.75. The molecule has 2 aromatic rings. The molecule has 0 fully saturated rings. The SMILES string of the molecule is NC(N)=Nc1nc(CSCCNC(=C[N+](=O)[O-])NCC(O)c2ccc(O)cc2)cs1. The lowest BCUT2D eigenvalue weighted by Crippen LogP contribution is -2.31. The third kappa shape index (κ3) is 8.55. The number of aliphatic hydroxyl groups is 1. The summed E-state index contributed by atoms with van der Waals surface area (Å²) in [5.41, 5.74) is 12.1. The van der Waals surface area contributed by atoms with Crippen molar-refractivity contribution >= 4 is 34.2 Å². The van der Waals surface area contributed by atoms with Gasteiger partial charge in [-0.2, -0.15) is 16.8 Å². The lowest BCUT2D eigenvalue weighted by molar-refractivity contribution is -0.404. The van der Waals surface area contributed by atoms with Crippen LogP contribution in [0.5, 0.6) is 5.75 Å². The Kier molecular flexibility index (Phi) is 9.18. The predicted molar refractivity (Wildman–Crippen MR) is 118 cm³/mol. The van der Waals surface area contributed by atoms with E-state index in [1.165, 1.54) is 23.5 Å². The van der Waals surface area contributed by atoms with Crippen LogP contribution in [0.2, 0.25) is 0 Å². The van der Waals surface area contributed by atoms with Crippen molar-refractivity contribution in [2.75, 3.05) is 18.8 Å². The van der Waals surface area contributed by atoms with E-state index in [0.29, 0.717) is 28.7 Å². The van der Waals surface area contributed by atoms with E-state index in [4.69, 9.17) is 11.5 Å². The molecule has 1 atom stereocenters. The molecule has 0 saturated heterocycles. The molecule has 0 amide bonds. The average Bonchev–Trinajstić information content (AvgIpc) is 3.12. The molecule has 0 spiro atoms. The highest BCUT2D eigenvalue weighted by Crippen LogP contribution is 2.21. The number of nitrogens with one attached hydrogen (secondary N) is 2. The second-order valence-electron chi connectivity index (χ2n) is 5.95. The molecule has 0 radical (unpaired) electrons. The fourth-order valence-corrected chi connectivity index (χ4v) is 3.80. The molecule has 8 N–H and O–H groups in total. The Labute approximate surface area is 181 Å². The molecule has 1 unspecified atom stereocenters. The number of thiazole rings is 1. The third-order valence-corrected chi connectivity index (χ3v) is 5.35. The largest absolute Gasteiger partial charge is 0.508 e. The van der Waals surface area contributed by atoms with E-state index in [1.54, 1.807) is 23.9 Å². The summed E-state index contributed by atoms with van der Waals surface area (Å²) < 4.78 is 0. The van der Waals surface area contributed by atoms with Crippen molar-refractivity contribution in [1.82, 2.24) is 15.6 Å². The topological polar surface area (TPSA) is 185 Å². The molecule has 2 rings (SSSR count). The quantitative estimate of drug-likeness (QED) is 0.0889. The van der Waals surface area contributed by atoms with Crippen molar-refractivity contribution in [1.29, 1.82) is 0 Å². The number of aliphatic hydroxyl groups excluding tert-OH is 1. The first-order chi connectivity index (χ1) is 14.3. The number of nitrogens with two attached hydrogens (primary N) is 2. The van der Waals surface area contributed by atoms with Gasteiger partial charge in [0, 0.05) is 30.0 Å². The predicted octanol–water partition coefficient (Wildman–Crippen LogP) is 0.975. The van der Waals surface area contributed by atoms with Gasteiger partial charge in [-0.25, -0.2) is 4.98 Å². The van der Waals surface area contributed by atoms with Gasteiger partial charge in [0.25, 0.3) is 6.20 Å². The Bertz CT molecular complexity index is 882. The molecular formula is C17H23N7O4S2. The zero-order valence-corrected chi connectivity index (χ0v) is 17.5. The second kappa shape index (κ2) is 11.8. The second-order valence-corrected chi connectivity index (χ2v) is 7.90. The molecule has 1 heterocycles. The molecule has 0 aliphatic carbocycles. The minimum Gasteiger partial charge on any atom is -0.508 e. The van der Waals surface area contributed by atoms with Crippen molar-refractivity contribution < 1.29 is 15.1 Å². The summed E-state index contributed by atoms with van der Waals surface area (Å²) in [6.07, 6.45) is -0.0723. The summed E-state index contributed by atoms with van der Waals surface area (Å²) >= 11 is 2.94. The van der Waals surface area contributed by atoms with E-state index in [-0.39, 0.29) is 24.1 Å². The van der Waals surface area contributed by atoms with Gasteiger partial charge in [0.1, 0.15) is 5.75 Å². The number of phenolic OH excluding ortho intramolecular Hbond substituents is 1. The lowest BCUT2D eigenvalue weighted by atomic mass is 10.1. The Morgan fingerprint density at radius 2 is 2.10 bits per heavy atom. The van der Waals surface area contributed by atoms with E-state index in [0.717, 1.165) is 11.9 Å². The van der Waals surface area contributed by atoms with Gasteiger partial charge in [0.2, 0.25) is 5.13 Å². The molecule has 11 nitrogen and oxygen atoms in total. The number of thioether (sulfide) groups is 1. The van der Waals surface area contributed by atoms with Crippen LogP contribution < -0.4 is 22.1 Å². The van der Waals surface area contributed by atoms with Crippen molar-refractivity contribution in [3.8, 4) is 5.75 Å². The normalized spacial score (nSPS) is 12.2. The Hall–Kier alpha value is -3.03. The smallest absolute Gasteiger partial charge is 0.274 e. The summed E-state index contributed by atoms with van der Waals surface area (Å²) in [6.45, 7) is 0.536. The van der Waals surface area contributed by atoms with Crippen LogP contribution in [0.4, 0.5) is 5.13 Å². The summed E-state index contributed by atoms with van der Waals surface area (Å²) in [7, 11) is 0.